The fourth-order valence-electron chi connectivity index (χ4n) is 2.21. The Balaban J connectivity index is 1.50. The summed E-state index contributed by atoms with van der Waals surface area (Å²) in [6.45, 7) is 2.77. The normalized spacial score (nSPS) is 20.9. The fourth-order valence-corrected chi connectivity index (χ4v) is 3.60. The zero-order valence-electron chi connectivity index (χ0n) is 11.6. The van der Waals surface area contributed by atoms with E-state index in [-0.39, 0.29) is 5.91 Å². The summed E-state index contributed by atoms with van der Waals surface area (Å²) in [5.41, 5.74) is 0. The highest BCUT2D eigenvalue weighted by molar-refractivity contribution is 9.10. The van der Waals surface area contributed by atoms with E-state index in [4.69, 9.17) is 4.42 Å². The summed E-state index contributed by atoms with van der Waals surface area (Å²) in [5, 5.41) is 4.85. The van der Waals surface area contributed by atoms with E-state index < -0.39 is 0 Å². The molecule has 1 fully saturated rings. The molecule has 3 nitrogen and oxygen atoms in total. The third-order valence-electron chi connectivity index (χ3n) is 3.58. The first-order valence-corrected chi connectivity index (χ1v) is 8.57. The summed E-state index contributed by atoms with van der Waals surface area (Å²) in [4.78, 5) is 12.9. The third kappa shape index (κ3) is 3.86. The van der Waals surface area contributed by atoms with Crippen molar-refractivity contribution in [2.75, 3.05) is 0 Å². The molecule has 1 amide bonds. The van der Waals surface area contributed by atoms with Gasteiger partial charge in [0.15, 0.2) is 0 Å². The summed E-state index contributed by atoms with van der Waals surface area (Å²) < 4.78 is 6.77. The minimum absolute atomic E-state index is 0.114. The number of amides is 1. The average Bonchev–Trinajstić information content (AvgIpc) is 2.89. The Hall–Kier alpha value is -1.33. The van der Waals surface area contributed by atoms with Crippen LogP contribution in [0.3, 0.4) is 0 Å². The van der Waals surface area contributed by atoms with E-state index in [0.717, 1.165) is 26.8 Å². The predicted octanol–water partition coefficient (Wildman–Crippen LogP) is 4.56. The highest BCUT2D eigenvalue weighted by Gasteiger charge is 2.36. The third-order valence-corrected chi connectivity index (χ3v) is 5.28. The van der Waals surface area contributed by atoms with Crippen LogP contribution in [0.15, 0.2) is 38.5 Å². The van der Waals surface area contributed by atoms with Gasteiger partial charge >= 0.3 is 0 Å². The van der Waals surface area contributed by atoms with Crippen molar-refractivity contribution in [2.24, 2.45) is 5.92 Å². The van der Waals surface area contributed by atoms with Crippen molar-refractivity contribution < 1.29 is 9.21 Å². The van der Waals surface area contributed by atoms with Gasteiger partial charge in [-0.1, -0.05) is 6.92 Å². The molecular formula is C16H16BrNO2S. The molecule has 21 heavy (non-hydrogen) atoms. The van der Waals surface area contributed by atoms with Gasteiger partial charge in [0.05, 0.1) is 6.54 Å². The standard InChI is InChI=1S/C16H16BrNO2S/c1-10-6-14(10)15-4-2-12(20-15)3-5-16(19)18-8-13-7-11(17)9-21-13/h2-5,7,9-10,14H,6,8H2,1H3,(H,18,19)/b5-3+. The minimum atomic E-state index is -0.114. The van der Waals surface area contributed by atoms with E-state index in [1.807, 2.05) is 23.6 Å². The SMILES string of the molecule is CC1CC1c1ccc(/C=C/C(=O)NCc2cc(Br)cs2)o1. The molecule has 5 heteroatoms. The molecule has 0 spiro atoms. The van der Waals surface area contributed by atoms with Crippen LogP contribution in [-0.4, -0.2) is 5.91 Å². The molecule has 0 radical (unpaired) electrons. The number of carbonyl (C=O) groups excluding carboxylic acids is 1. The molecule has 2 heterocycles. The molecule has 1 saturated carbocycles. The highest BCUT2D eigenvalue weighted by Crippen LogP contribution is 2.47. The molecule has 2 unspecified atom stereocenters. The number of thiophene rings is 1. The van der Waals surface area contributed by atoms with Crippen LogP contribution < -0.4 is 5.32 Å². The second-order valence-corrected chi connectivity index (χ2v) is 7.25. The van der Waals surface area contributed by atoms with E-state index in [9.17, 15) is 4.79 Å². The molecule has 1 N–H and O–H groups in total. The Morgan fingerprint density at radius 1 is 1.57 bits per heavy atom. The molecule has 1 aliphatic carbocycles. The zero-order chi connectivity index (χ0) is 14.8. The first-order chi connectivity index (χ1) is 10.1. The molecule has 2 aromatic heterocycles. The van der Waals surface area contributed by atoms with Gasteiger partial charge in [0.25, 0.3) is 0 Å². The van der Waals surface area contributed by atoms with Crippen molar-refractivity contribution in [3.63, 3.8) is 0 Å². The molecule has 110 valence electrons. The Labute approximate surface area is 136 Å². The van der Waals surface area contributed by atoms with Crippen LogP contribution in [0.4, 0.5) is 0 Å². The maximum absolute atomic E-state index is 11.8. The highest BCUT2D eigenvalue weighted by atomic mass is 79.9. The first kappa shape index (κ1) is 14.6. The number of rotatable bonds is 5. The molecule has 2 aromatic rings. The van der Waals surface area contributed by atoms with Crippen molar-refractivity contribution in [1.29, 1.82) is 0 Å². The second kappa shape index (κ2) is 6.20. The van der Waals surface area contributed by atoms with Crippen LogP contribution >= 0.6 is 27.3 Å². The van der Waals surface area contributed by atoms with Crippen molar-refractivity contribution in [2.45, 2.75) is 25.8 Å². The smallest absolute Gasteiger partial charge is 0.244 e. The molecule has 0 saturated heterocycles. The van der Waals surface area contributed by atoms with Crippen LogP contribution in [0.2, 0.25) is 0 Å². The summed E-state index contributed by atoms with van der Waals surface area (Å²) in [6, 6.07) is 5.93. The van der Waals surface area contributed by atoms with Crippen molar-refractivity contribution in [3.8, 4) is 0 Å². The van der Waals surface area contributed by atoms with Crippen molar-refractivity contribution >= 4 is 39.2 Å². The molecule has 0 bridgehead atoms. The maximum atomic E-state index is 11.8. The molecule has 0 aromatic carbocycles. The van der Waals surface area contributed by atoms with E-state index in [1.54, 1.807) is 17.4 Å². The van der Waals surface area contributed by atoms with E-state index in [0.29, 0.717) is 12.5 Å². The lowest BCUT2D eigenvalue weighted by molar-refractivity contribution is -0.116. The van der Waals surface area contributed by atoms with E-state index >= 15 is 0 Å². The number of hydrogen-bond donors (Lipinski definition) is 1. The predicted molar refractivity (Wildman–Crippen MR) is 88.1 cm³/mol. The lowest BCUT2D eigenvalue weighted by Crippen LogP contribution is -2.19. The van der Waals surface area contributed by atoms with Crippen LogP contribution in [0.25, 0.3) is 6.08 Å². The van der Waals surface area contributed by atoms with Crippen LogP contribution in [0, 0.1) is 5.92 Å². The molecule has 0 aliphatic heterocycles. The largest absolute Gasteiger partial charge is 0.461 e. The van der Waals surface area contributed by atoms with Gasteiger partial charge in [-0.2, -0.15) is 0 Å². The lowest BCUT2D eigenvalue weighted by atomic mass is 10.3. The van der Waals surface area contributed by atoms with Gasteiger partial charge in [0.2, 0.25) is 5.91 Å². The Kier molecular flexibility index (Phi) is 4.31. The summed E-state index contributed by atoms with van der Waals surface area (Å²) >= 11 is 5.01. The summed E-state index contributed by atoms with van der Waals surface area (Å²) in [5.74, 6) is 2.95. The zero-order valence-corrected chi connectivity index (χ0v) is 14.0. The Bertz CT molecular complexity index is 673. The molecule has 1 aliphatic rings. The van der Waals surface area contributed by atoms with Crippen molar-refractivity contribution in [3.05, 3.63) is 50.5 Å². The van der Waals surface area contributed by atoms with Gasteiger partial charge in [-0.15, -0.1) is 11.3 Å². The lowest BCUT2D eigenvalue weighted by Gasteiger charge is -1.98. The van der Waals surface area contributed by atoms with Crippen LogP contribution in [0.1, 0.15) is 35.7 Å². The fraction of sp³-hybridized carbons (Fsp3) is 0.312. The van der Waals surface area contributed by atoms with Gasteiger partial charge in [0.1, 0.15) is 11.5 Å². The average molecular weight is 366 g/mol. The maximum Gasteiger partial charge on any atom is 0.244 e. The monoisotopic (exact) mass is 365 g/mol. The summed E-state index contributed by atoms with van der Waals surface area (Å²) in [7, 11) is 0. The van der Waals surface area contributed by atoms with Crippen LogP contribution in [0.5, 0.6) is 0 Å². The quantitative estimate of drug-likeness (QED) is 0.789. The van der Waals surface area contributed by atoms with Gasteiger partial charge in [-0.05, 0) is 52.5 Å². The van der Waals surface area contributed by atoms with Gasteiger partial charge in [-0.3, -0.25) is 4.79 Å². The van der Waals surface area contributed by atoms with E-state index in [1.165, 1.54) is 12.5 Å². The topological polar surface area (TPSA) is 42.2 Å². The number of furan rings is 1. The summed E-state index contributed by atoms with van der Waals surface area (Å²) in [6.07, 6.45) is 4.44. The number of hydrogen-bond acceptors (Lipinski definition) is 3. The minimum Gasteiger partial charge on any atom is -0.461 e. The Morgan fingerprint density at radius 2 is 2.38 bits per heavy atom. The van der Waals surface area contributed by atoms with Gasteiger partial charge in [-0.25, -0.2) is 0 Å². The first-order valence-electron chi connectivity index (χ1n) is 6.90. The molecule has 2 atom stereocenters. The van der Waals surface area contributed by atoms with E-state index in [2.05, 4.69) is 28.2 Å². The number of halogens is 1. The van der Waals surface area contributed by atoms with Crippen molar-refractivity contribution in [1.82, 2.24) is 5.32 Å². The molecular weight excluding hydrogens is 350 g/mol. The van der Waals surface area contributed by atoms with Gasteiger partial charge in [0, 0.05) is 26.7 Å². The number of carbonyl (C=O) groups is 1. The Morgan fingerprint density at radius 3 is 3.05 bits per heavy atom. The second-order valence-electron chi connectivity index (χ2n) is 5.34. The molecule has 3 rings (SSSR count). The number of nitrogens with one attached hydrogen (secondary N) is 1. The van der Waals surface area contributed by atoms with Gasteiger partial charge < -0.3 is 9.73 Å². The van der Waals surface area contributed by atoms with Crippen LogP contribution in [-0.2, 0) is 11.3 Å².